The second-order valence-corrected chi connectivity index (χ2v) is 6.21. The summed E-state index contributed by atoms with van der Waals surface area (Å²) in [5, 5.41) is 14.3. The van der Waals surface area contributed by atoms with Crippen LogP contribution in [0, 0.1) is 10.1 Å². The number of amides is 1. The molecule has 1 aromatic heterocycles. The van der Waals surface area contributed by atoms with Crippen molar-refractivity contribution in [2.45, 2.75) is 13.0 Å². The number of ether oxygens (including phenoxy) is 3. The van der Waals surface area contributed by atoms with E-state index < -0.39 is 10.8 Å². The summed E-state index contributed by atoms with van der Waals surface area (Å²) >= 11 is 1.30. The number of fused-ring (bicyclic) bond motifs is 1. The number of rotatable bonds is 5. The van der Waals surface area contributed by atoms with Gasteiger partial charge in [-0.25, -0.2) is 4.98 Å². The summed E-state index contributed by atoms with van der Waals surface area (Å²) in [4.78, 5) is 28.5. The second-order valence-electron chi connectivity index (χ2n) is 5.13. The Balaban J connectivity index is 1.92. The van der Waals surface area contributed by atoms with Crippen LogP contribution in [0.5, 0.6) is 11.5 Å². The molecule has 9 nitrogen and oxygen atoms in total. The average Bonchev–Trinajstić information content (AvgIpc) is 3.02. The van der Waals surface area contributed by atoms with Crippen LogP contribution in [0.2, 0.25) is 0 Å². The van der Waals surface area contributed by atoms with Crippen molar-refractivity contribution >= 4 is 28.1 Å². The fourth-order valence-corrected chi connectivity index (χ4v) is 3.38. The Labute approximate surface area is 146 Å². The summed E-state index contributed by atoms with van der Waals surface area (Å²) < 4.78 is 15.5. The van der Waals surface area contributed by atoms with E-state index in [-0.39, 0.29) is 22.7 Å². The number of hydrogen-bond acceptors (Lipinski definition) is 8. The Morgan fingerprint density at radius 1 is 1.36 bits per heavy atom. The van der Waals surface area contributed by atoms with Crippen LogP contribution in [0.3, 0.4) is 0 Å². The lowest BCUT2D eigenvalue weighted by Crippen LogP contribution is -2.14. The molecule has 0 fully saturated rings. The first-order valence-corrected chi connectivity index (χ1v) is 8.13. The van der Waals surface area contributed by atoms with Crippen molar-refractivity contribution in [3.05, 3.63) is 38.4 Å². The highest BCUT2D eigenvalue weighted by Crippen LogP contribution is 2.35. The van der Waals surface area contributed by atoms with Crippen LogP contribution in [-0.2, 0) is 17.8 Å². The zero-order valence-corrected chi connectivity index (χ0v) is 14.3. The van der Waals surface area contributed by atoms with E-state index in [1.54, 1.807) is 0 Å². The summed E-state index contributed by atoms with van der Waals surface area (Å²) in [6.07, 6.45) is 0.679. The minimum Gasteiger partial charge on any atom is -0.493 e. The molecule has 1 aliphatic heterocycles. The topological polar surface area (TPSA) is 113 Å². The standard InChI is InChI=1S/C15H15N3O6S/c1-22-11-5-8(10(18(20)21)6-12(11)23-2)14(19)17-15-16-9-3-4-24-7-13(9)25-15/h5-6H,3-4,7H2,1-2H3,(H,16,17,19). The number of thiazole rings is 1. The minimum absolute atomic E-state index is 0.132. The highest BCUT2D eigenvalue weighted by Gasteiger charge is 2.26. The molecule has 25 heavy (non-hydrogen) atoms. The van der Waals surface area contributed by atoms with Gasteiger partial charge in [-0.1, -0.05) is 11.3 Å². The van der Waals surface area contributed by atoms with Gasteiger partial charge in [-0.15, -0.1) is 0 Å². The molecule has 2 heterocycles. The van der Waals surface area contributed by atoms with Crippen LogP contribution in [0.25, 0.3) is 0 Å². The van der Waals surface area contributed by atoms with Gasteiger partial charge in [-0.3, -0.25) is 20.2 Å². The number of aromatic nitrogens is 1. The predicted molar refractivity (Wildman–Crippen MR) is 89.6 cm³/mol. The fraction of sp³-hybridized carbons (Fsp3) is 0.333. The molecule has 1 aliphatic rings. The van der Waals surface area contributed by atoms with Gasteiger partial charge in [0.2, 0.25) is 0 Å². The van der Waals surface area contributed by atoms with E-state index in [1.165, 1.54) is 31.6 Å². The molecule has 0 spiro atoms. The van der Waals surface area contributed by atoms with E-state index in [9.17, 15) is 14.9 Å². The SMILES string of the molecule is COc1cc(C(=O)Nc2nc3c(s2)COCC3)c([N+](=O)[O-])cc1OC. The highest BCUT2D eigenvalue weighted by molar-refractivity contribution is 7.15. The molecule has 1 amide bonds. The molecule has 1 aromatic carbocycles. The van der Waals surface area contributed by atoms with Crippen molar-refractivity contribution in [3.8, 4) is 11.5 Å². The fourth-order valence-electron chi connectivity index (χ4n) is 2.44. The summed E-state index contributed by atoms with van der Waals surface area (Å²) in [5.74, 6) is -0.239. The molecule has 0 unspecified atom stereocenters. The van der Waals surface area contributed by atoms with Gasteiger partial charge in [0.15, 0.2) is 16.6 Å². The summed E-state index contributed by atoms with van der Waals surface area (Å²) in [6, 6.07) is 2.44. The number of methoxy groups -OCH3 is 2. The molecule has 0 saturated carbocycles. The van der Waals surface area contributed by atoms with Crippen molar-refractivity contribution in [1.29, 1.82) is 0 Å². The molecule has 2 aromatic rings. The highest BCUT2D eigenvalue weighted by atomic mass is 32.1. The van der Waals surface area contributed by atoms with Crippen molar-refractivity contribution < 1.29 is 23.9 Å². The van der Waals surface area contributed by atoms with Gasteiger partial charge in [-0.2, -0.15) is 0 Å². The van der Waals surface area contributed by atoms with Crippen LogP contribution in [0.15, 0.2) is 12.1 Å². The molecule has 0 aliphatic carbocycles. The molecular weight excluding hydrogens is 350 g/mol. The van der Waals surface area contributed by atoms with Gasteiger partial charge in [0, 0.05) is 12.5 Å². The first-order valence-electron chi connectivity index (χ1n) is 7.31. The molecular formula is C15H15N3O6S. The van der Waals surface area contributed by atoms with E-state index in [0.29, 0.717) is 24.8 Å². The van der Waals surface area contributed by atoms with E-state index in [0.717, 1.165) is 16.6 Å². The minimum atomic E-state index is -0.641. The number of carbonyl (C=O) groups is 1. The van der Waals surface area contributed by atoms with E-state index in [2.05, 4.69) is 10.3 Å². The first kappa shape index (κ1) is 17.1. The third kappa shape index (κ3) is 3.39. The number of carbonyl (C=O) groups excluding carboxylic acids is 1. The molecule has 0 atom stereocenters. The predicted octanol–water partition coefficient (Wildman–Crippen LogP) is 2.39. The molecule has 132 valence electrons. The van der Waals surface area contributed by atoms with Gasteiger partial charge in [0.1, 0.15) is 5.56 Å². The van der Waals surface area contributed by atoms with E-state index in [4.69, 9.17) is 14.2 Å². The van der Waals surface area contributed by atoms with Crippen molar-refractivity contribution in [1.82, 2.24) is 4.98 Å². The average molecular weight is 365 g/mol. The third-order valence-corrected chi connectivity index (χ3v) is 4.64. The molecule has 0 radical (unpaired) electrons. The third-order valence-electron chi connectivity index (χ3n) is 3.66. The normalized spacial score (nSPS) is 13.0. The zero-order chi connectivity index (χ0) is 18.0. The Hall–Kier alpha value is -2.72. The zero-order valence-electron chi connectivity index (χ0n) is 13.5. The van der Waals surface area contributed by atoms with Gasteiger partial charge in [-0.05, 0) is 0 Å². The maximum atomic E-state index is 12.5. The van der Waals surface area contributed by atoms with Gasteiger partial charge in [0.25, 0.3) is 11.6 Å². The molecule has 3 rings (SSSR count). The molecule has 1 N–H and O–H groups in total. The Bertz CT molecular complexity index is 811. The Kier molecular flexibility index (Phi) is 4.81. The Morgan fingerprint density at radius 2 is 2.08 bits per heavy atom. The lowest BCUT2D eigenvalue weighted by Gasteiger charge is -2.10. The number of nitrogens with zero attached hydrogens (tertiary/aromatic N) is 2. The number of anilines is 1. The van der Waals surface area contributed by atoms with Crippen LogP contribution < -0.4 is 14.8 Å². The quantitative estimate of drug-likeness (QED) is 0.639. The summed E-state index contributed by atoms with van der Waals surface area (Å²) in [7, 11) is 2.75. The first-order chi connectivity index (χ1) is 12.0. The van der Waals surface area contributed by atoms with Gasteiger partial charge >= 0.3 is 0 Å². The van der Waals surface area contributed by atoms with Crippen LogP contribution >= 0.6 is 11.3 Å². The van der Waals surface area contributed by atoms with Crippen LogP contribution in [-0.4, -0.2) is 36.6 Å². The largest absolute Gasteiger partial charge is 0.493 e. The lowest BCUT2D eigenvalue weighted by molar-refractivity contribution is -0.385. The number of hydrogen-bond donors (Lipinski definition) is 1. The van der Waals surface area contributed by atoms with Crippen LogP contribution in [0.4, 0.5) is 10.8 Å². The number of benzene rings is 1. The van der Waals surface area contributed by atoms with Gasteiger partial charge in [0.05, 0.1) is 49.0 Å². The second kappa shape index (κ2) is 7.03. The maximum Gasteiger partial charge on any atom is 0.286 e. The number of nitro groups is 1. The number of nitro benzene ring substituents is 1. The molecule has 10 heteroatoms. The van der Waals surface area contributed by atoms with Crippen molar-refractivity contribution in [2.24, 2.45) is 0 Å². The lowest BCUT2D eigenvalue weighted by atomic mass is 10.1. The smallest absolute Gasteiger partial charge is 0.286 e. The molecule has 0 saturated heterocycles. The van der Waals surface area contributed by atoms with Gasteiger partial charge < -0.3 is 14.2 Å². The van der Waals surface area contributed by atoms with Crippen LogP contribution in [0.1, 0.15) is 20.9 Å². The van der Waals surface area contributed by atoms with Crippen molar-refractivity contribution in [2.75, 3.05) is 26.1 Å². The van der Waals surface area contributed by atoms with E-state index in [1.807, 2.05) is 0 Å². The maximum absolute atomic E-state index is 12.5. The van der Waals surface area contributed by atoms with E-state index >= 15 is 0 Å². The monoisotopic (exact) mass is 365 g/mol. The Morgan fingerprint density at radius 3 is 2.72 bits per heavy atom. The molecule has 0 bridgehead atoms. The summed E-state index contributed by atoms with van der Waals surface area (Å²) in [6.45, 7) is 1.05. The number of nitrogens with one attached hydrogen (secondary N) is 1. The summed E-state index contributed by atoms with van der Waals surface area (Å²) in [5.41, 5.74) is 0.375. The van der Waals surface area contributed by atoms with Crippen molar-refractivity contribution in [3.63, 3.8) is 0 Å².